The Balaban J connectivity index is 2.20. The lowest BCUT2D eigenvalue weighted by Gasteiger charge is -2.02. The summed E-state index contributed by atoms with van der Waals surface area (Å²) >= 11 is 0. The third kappa shape index (κ3) is 2.14. The highest BCUT2D eigenvalue weighted by Crippen LogP contribution is 2.29. The highest BCUT2D eigenvalue weighted by Gasteiger charge is 2.12. The molecule has 0 amide bonds. The van der Waals surface area contributed by atoms with E-state index in [0.717, 1.165) is 22.5 Å². The van der Waals surface area contributed by atoms with Crippen molar-refractivity contribution in [2.24, 2.45) is 0 Å². The second-order valence-corrected chi connectivity index (χ2v) is 4.19. The van der Waals surface area contributed by atoms with E-state index in [2.05, 4.69) is 15.9 Å². The van der Waals surface area contributed by atoms with E-state index >= 15 is 0 Å². The van der Waals surface area contributed by atoms with Gasteiger partial charge in [0.15, 0.2) is 5.82 Å². The normalized spacial score (nSPS) is 10.1. The van der Waals surface area contributed by atoms with Crippen LogP contribution in [0.5, 0.6) is 0 Å². The van der Waals surface area contributed by atoms with Gasteiger partial charge in [0.25, 0.3) is 0 Å². The maximum Gasteiger partial charge on any atom is 0.183 e. The van der Waals surface area contributed by atoms with E-state index in [1.807, 2.05) is 60.7 Å². The van der Waals surface area contributed by atoms with Gasteiger partial charge in [0, 0.05) is 11.1 Å². The molecule has 0 aliphatic heterocycles. The lowest BCUT2D eigenvalue weighted by atomic mass is 10.1. The summed E-state index contributed by atoms with van der Waals surface area (Å²) in [6.45, 7) is 0. The first-order valence-corrected chi connectivity index (χ1v) is 6.06. The lowest BCUT2D eigenvalue weighted by molar-refractivity contribution is 1.26. The van der Waals surface area contributed by atoms with E-state index in [0.29, 0.717) is 5.82 Å². The number of nitrogens with one attached hydrogen (secondary N) is 1. The minimum absolute atomic E-state index is 0.553. The van der Waals surface area contributed by atoms with Crippen LogP contribution in [-0.4, -0.2) is 9.97 Å². The second kappa shape index (κ2) is 4.83. The Morgan fingerprint density at radius 3 is 2.00 bits per heavy atom. The van der Waals surface area contributed by atoms with Crippen LogP contribution in [0.15, 0.2) is 60.7 Å². The molecule has 90 valence electrons. The quantitative estimate of drug-likeness (QED) is 0.684. The molecule has 1 N–H and O–H groups in total. The Kier molecular flexibility index (Phi) is 2.88. The number of benzene rings is 2. The fourth-order valence-electron chi connectivity index (χ4n) is 2.06. The fourth-order valence-corrected chi connectivity index (χ4v) is 2.06. The van der Waals surface area contributed by atoms with Gasteiger partial charge < -0.3 is 4.98 Å². The molecule has 0 unspecified atom stereocenters. The number of hydrogen-bond acceptors (Lipinski definition) is 1. The Morgan fingerprint density at radius 2 is 1.42 bits per heavy atom. The maximum absolute atomic E-state index is 5.44. The van der Waals surface area contributed by atoms with Gasteiger partial charge in [-0.2, -0.15) is 0 Å². The van der Waals surface area contributed by atoms with Gasteiger partial charge in [0.2, 0.25) is 0 Å². The molecule has 19 heavy (non-hydrogen) atoms. The average molecular weight is 244 g/mol. The van der Waals surface area contributed by atoms with E-state index in [4.69, 9.17) is 6.42 Å². The Hall–Kier alpha value is -2.79. The Bertz CT molecular complexity index is 662. The van der Waals surface area contributed by atoms with E-state index in [9.17, 15) is 0 Å². The van der Waals surface area contributed by atoms with Gasteiger partial charge in [-0.15, -0.1) is 6.42 Å². The van der Waals surface area contributed by atoms with Crippen LogP contribution in [0.3, 0.4) is 0 Å². The van der Waals surface area contributed by atoms with Crippen molar-refractivity contribution in [1.82, 2.24) is 9.97 Å². The summed E-state index contributed by atoms with van der Waals surface area (Å²) in [5, 5.41) is 0. The summed E-state index contributed by atoms with van der Waals surface area (Å²) in [7, 11) is 0. The molecular formula is C17H12N2. The monoisotopic (exact) mass is 244 g/mol. The zero-order valence-electron chi connectivity index (χ0n) is 10.3. The van der Waals surface area contributed by atoms with Gasteiger partial charge in [0.05, 0.1) is 11.4 Å². The first kappa shape index (κ1) is 11.3. The van der Waals surface area contributed by atoms with Crippen LogP contribution < -0.4 is 0 Å². The molecule has 2 heteroatoms. The van der Waals surface area contributed by atoms with Crippen LogP contribution >= 0.6 is 0 Å². The highest BCUT2D eigenvalue weighted by atomic mass is 14.9. The fraction of sp³-hybridized carbons (Fsp3) is 0. The van der Waals surface area contributed by atoms with Crippen molar-refractivity contribution in [2.75, 3.05) is 0 Å². The molecule has 0 spiro atoms. The van der Waals surface area contributed by atoms with Crippen molar-refractivity contribution in [1.29, 1.82) is 0 Å². The second-order valence-electron chi connectivity index (χ2n) is 4.19. The van der Waals surface area contributed by atoms with Crippen molar-refractivity contribution in [3.63, 3.8) is 0 Å². The standard InChI is InChI=1S/C17H12N2/c1-2-15-18-16(13-9-5-3-6-10-13)17(19-15)14-11-7-4-8-12-14/h1,3-12H,(H,18,19). The van der Waals surface area contributed by atoms with Crippen LogP contribution in [0.2, 0.25) is 0 Å². The summed E-state index contributed by atoms with van der Waals surface area (Å²) in [4.78, 5) is 7.68. The third-order valence-corrected chi connectivity index (χ3v) is 2.95. The highest BCUT2D eigenvalue weighted by molar-refractivity contribution is 5.78. The largest absolute Gasteiger partial charge is 0.331 e. The number of terminal acetylenes is 1. The SMILES string of the molecule is C#Cc1nc(-c2ccccc2)c(-c2ccccc2)[nH]1. The van der Waals surface area contributed by atoms with Crippen LogP contribution in [0.4, 0.5) is 0 Å². The van der Waals surface area contributed by atoms with Gasteiger partial charge in [-0.1, -0.05) is 60.7 Å². The molecule has 3 aromatic rings. The topological polar surface area (TPSA) is 28.7 Å². The van der Waals surface area contributed by atoms with E-state index in [-0.39, 0.29) is 0 Å². The van der Waals surface area contributed by atoms with E-state index in [1.165, 1.54) is 0 Å². The summed E-state index contributed by atoms with van der Waals surface area (Å²) in [5.41, 5.74) is 3.98. The number of aromatic amines is 1. The number of imidazole rings is 1. The van der Waals surface area contributed by atoms with Gasteiger partial charge in [-0.05, 0) is 5.92 Å². The summed E-state index contributed by atoms with van der Waals surface area (Å²) in [6.07, 6.45) is 5.44. The van der Waals surface area contributed by atoms with E-state index < -0.39 is 0 Å². The van der Waals surface area contributed by atoms with Gasteiger partial charge >= 0.3 is 0 Å². The molecule has 0 radical (unpaired) electrons. The van der Waals surface area contributed by atoms with Crippen molar-refractivity contribution < 1.29 is 0 Å². The number of aromatic nitrogens is 2. The minimum Gasteiger partial charge on any atom is -0.331 e. The predicted octanol–water partition coefficient (Wildman–Crippen LogP) is 3.73. The van der Waals surface area contributed by atoms with Crippen LogP contribution in [0, 0.1) is 12.3 Å². The lowest BCUT2D eigenvalue weighted by Crippen LogP contribution is -1.82. The minimum atomic E-state index is 0.553. The Labute approximate surface area is 112 Å². The molecule has 0 aliphatic carbocycles. The van der Waals surface area contributed by atoms with Crippen LogP contribution in [-0.2, 0) is 0 Å². The van der Waals surface area contributed by atoms with Crippen LogP contribution in [0.25, 0.3) is 22.5 Å². The molecule has 2 nitrogen and oxygen atoms in total. The molecule has 0 saturated heterocycles. The molecule has 0 saturated carbocycles. The molecule has 0 bridgehead atoms. The first-order valence-electron chi connectivity index (χ1n) is 6.06. The summed E-state index contributed by atoms with van der Waals surface area (Å²) in [5.74, 6) is 3.11. The van der Waals surface area contributed by atoms with Gasteiger partial charge in [-0.3, -0.25) is 0 Å². The smallest absolute Gasteiger partial charge is 0.183 e. The number of hydrogen-bond donors (Lipinski definition) is 1. The predicted molar refractivity (Wildman–Crippen MR) is 77.4 cm³/mol. The molecule has 1 aromatic heterocycles. The van der Waals surface area contributed by atoms with Crippen molar-refractivity contribution >= 4 is 0 Å². The molecule has 3 rings (SSSR count). The van der Waals surface area contributed by atoms with Crippen LogP contribution in [0.1, 0.15) is 5.82 Å². The number of H-pyrrole nitrogens is 1. The summed E-state index contributed by atoms with van der Waals surface area (Å²) in [6, 6.07) is 20.1. The van der Waals surface area contributed by atoms with Crippen molar-refractivity contribution in [3.8, 4) is 34.9 Å². The van der Waals surface area contributed by atoms with E-state index in [1.54, 1.807) is 0 Å². The molecule has 0 fully saturated rings. The number of nitrogens with zero attached hydrogens (tertiary/aromatic N) is 1. The molecule has 1 heterocycles. The molecule has 0 aliphatic rings. The van der Waals surface area contributed by atoms with Gasteiger partial charge in [0.1, 0.15) is 0 Å². The third-order valence-electron chi connectivity index (χ3n) is 2.95. The van der Waals surface area contributed by atoms with Gasteiger partial charge in [-0.25, -0.2) is 4.98 Å². The average Bonchev–Trinajstić information content (AvgIpc) is 2.93. The Morgan fingerprint density at radius 1 is 0.842 bits per heavy atom. The molecule has 2 aromatic carbocycles. The molecular weight excluding hydrogens is 232 g/mol. The number of rotatable bonds is 2. The maximum atomic E-state index is 5.44. The summed E-state index contributed by atoms with van der Waals surface area (Å²) < 4.78 is 0. The molecule has 0 atom stereocenters. The zero-order valence-corrected chi connectivity index (χ0v) is 10.3. The van der Waals surface area contributed by atoms with Crippen molar-refractivity contribution in [3.05, 3.63) is 66.5 Å². The first-order chi connectivity index (χ1) is 9.38. The van der Waals surface area contributed by atoms with Crippen molar-refractivity contribution in [2.45, 2.75) is 0 Å². The zero-order chi connectivity index (χ0) is 13.1.